The maximum absolute atomic E-state index is 11.2. The minimum atomic E-state index is -0.406. The van der Waals surface area contributed by atoms with E-state index in [1.807, 2.05) is 0 Å². The zero-order chi connectivity index (χ0) is 12.3. The van der Waals surface area contributed by atoms with Gasteiger partial charge in [0.05, 0.1) is 6.21 Å². The van der Waals surface area contributed by atoms with Crippen molar-refractivity contribution in [2.75, 3.05) is 5.43 Å². The summed E-state index contributed by atoms with van der Waals surface area (Å²) in [6.45, 7) is 0. The van der Waals surface area contributed by atoms with Gasteiger partial charge in [-0.25, -0.2) is 5.43 Å². The first-order valence-corrected chi connectivity index (χ1v) is 5.11. The van der Waals surface area contributed by atoms with Crippen LogP contribution in [0.1, 0.15) is 5.56 Å². The van der Waals surface area contributed by atoms with Gasteiger partial charge in [0.25, 0.3) is 5.95 Å². The summed E-state index contributed by atoms with van der Waals surface area (Å²) in [5, 5.41) is 28.0. The highest BCUT2D eigenvalue weighted by Gasteiger charge is 1.99. The van der Waals surface area contributed by atoms with Crippen molar-refractivity contribution in [2.45, 2.75) is 0 Å². The second-order valence-electron chi connectivity index (χ2n) is 2.92. The second kappa shape index (κ2) is 4.98. The van der Waals surface area contributed by atoms with Gasteiger partial charge in [-0.3, -0.25) is 0 Å². The molecule has 1 heterocycles. The fourth-order valence-corrected chi connectivity index (χ4v) is 1.53. The molecule has 9 heteroatoms. The average molecular weight is 272 g/mol. The smallest absolute Gasteiger partial charge is 0.283 e. The Labute approximate surface area is 105 Å². The third kappa shape index (κ3) is 2.83. The first-order valence-electron chi connectivity index (χ1n) is 4.35. The molecule has 0 unspecified atom stereocenters. The van der Waals surface area contributed by atoms with Crippen LogP contribution in [0.2, 0.25) is 10.0 Å². The Morgan fingerprint density at radius 2 is 2.06 bits per heavy atom. The summed E-state index contributed by atoms with van der Waals surface area (Å²) in [6, 6.07) is 2.91. The Bertz CT molecular complexity index is 518. The molecule has 0 bridgehead atoms. The Balaban J connectivity index is 2.11. The molecule has 7 nitrogen and oxygen atoms in total. The van der Waals surface area contributed by atoms with Gasteiger partial charge in [-0.15, -0.1) is 5.10 Å². The molecule has 17 heavy (non-hydrogen) atoms. The number of hydrogen-bond donors (Lipinski definition) is 2. The molecular formula is C8H5Cl2N6O-. The summed E-state index contributed by atoms with van der Waals surface area (Å²) in [5.74, 6) is -0.185. The predicted octanol–water partition coefficient (Wildman–Crippen LogP) is 1.03. The largest absolute Gasteiger partial charge is 0.870 e. The molecule has 0 aliphatic carbocycles. The molecule has 0 aliphatic heterocycles. The van der Waals surface area contributed by atoms with E-state index in [0.29, 0.717) is 5.56 Å². The van der Waals surface area contributed by atoms with E-state index in [4.69, 9.17) is 23.2 Å². The monoisotopic (exact) mass is 271 g/mol. The van der Waals surface area contributed by atoms with Gasteiger partial charge in [-0.05, 0) is 22.9 Å². The fraction of sp³-hybridized carbons (Fsp3) is 0. The number of nitrogens with zero attached hydrogens (tertiary/aromatic N) is 4. The normalized spacial score (nSPS) is 10.9. The SMILES string of the molecule is [O-]c1c(Cl)cc(C=NNc2nn[nH]n2)cc1Cl. The standard InChI is InChI=1S/C8H6Cl2N6O/c9-5-1-4(2-6(10)7(5)17)3-11-12-8-13-15-16-14-8/h1-3,17H,(H2,12,13,14,15,16)/p-1. The molecule has 2 aromatic rings. The third-order valence-electron chi connectivity index (χ3n) is 1.74. The van der Waals surface area contributed by atoms with Gasteiger partial charge in [-0.2, -0.15) is 10.3 Å². The first-order chi connectivity index (χ1) is 8.16. The topological polar surface area (TPSA) is 102 Å². The van der Waals surface area contributed by atoms with Crippen molar-refractivity contribution in [3.8, 4) is 5.75 Å². The molecule has 1 aromatic carbocycles. The van der Waals surface area contributed by atoms with Crippen LogP contribution >= 0.6 is 23.2 Å². The number of aromatic amines is 1. The lowest BCUT2D eigenvalue weighted by Crippen LogP contribution is -1.96. The summed E-state index contributed by atoms with van der Waals surface area (Å²) in [4.78, 5) is 0. The molecule has 2 rings (SSSR count). The summed E-state index contributed by atoms with van der Waals surface area (Å²) >= 11 is 11.4. The number of tetrazole rings is 1. The van der Waals surface area contributed by atoms with Crippen LogP contribution < -0.4 is 10.5 Å². The van der Waals surface area contributed by atoms with Crippen molar-refractivity contribution in [2.24, 2.45) is 5.10 Å². The van der Waals surface area contributed by atoms with Crippen LogP contribution in [0.5, 0.6) is 5.75 Å². The van der Waals surface area contributed by atoms with Crippen molar-refractivity contribution in [1.29, 1.82) is 0 Å². The van der Waals surface area contributed by atoms with Crippen LogP contribution in [-0.4, -0.2) is 26.8 Å². The molecule has 0 fully saturated rings. The third-order valence-corrected chi connectivity index (χ3v) is 2.31. The number of hydrogen-bond acceptors (Lipinski definition) is 6. The predicted molar refractivity (Wildman–Crippen MR) is 61.3 cm³/mol. The lowest BCUT2D eigenvalue weighted by Gasteiger charge is -2.10. The Kier molecular flexibility index (Phi) is 3.40. The van der Waals surface area contributed by atoms with Gasteiger partial charge in [0.2, 0.25) is 0 Å². The van der Waals surface area contributed by atoms with E-state index in [1.165, 1.54) is 18.3 Å². The molecule has 0 atom stereocenters. The molecule has 0 saturated carbocycles. The molecular weight excluding hydrogens is 267 g/mol. The van der Waals surface area contributed by atoms with Crippen molar-refractivity contribution in [3.05, 3.63) is 27.7 Å². The van der Waals surface area contributed by atoms with Gasteiger partial charge in [0, 0.05) is 10.0 Å². The highest BCUT2D eigenvalue weighted by atomic mass is 35.5. The molecule has 1 aromatic heterocycles. The first kappa shape index (κ1) is 11.6. The average Bonchev–Trinajstić information content (AvgIpc) is 2.79. The van der Waals surface area contributed by atoms with Crippen molar-refractivity contribution in [3.63, 3.8) is 0 Å². The molecule has 0 saturated heterocycles. The van der Waals surface area contributed by atoms with E-state index in [0.717, 1.165) is 0 Å². The van der Waals surface area contributed by atoms with E-state index < -0.39 is 5.75 Å². The quantitative estimate of drug-likeness (QED) is 0.641. The summed E-state index contributed by atoms with van der Waals surface area (Å²) in [6.07, 6.45) is 1.42. The van der Waals surface area contributed by atoms with E-state index in [2.05, 4.69) is 31.2 Å². The lowest BCUT2D eigenvalue weighted by molar-refractivity contribution is -0.268. The number of aromatic nitrogens is 4. The number of rotatable bonds is 3. The van der Waals surface area contributed by atoms with E-state index in [9.17, 15) is 5.11 Å². The van der Waals surface area contributed by atoms with Crippen LogP contribution in [0.3, 0.4) is 0 Å². The number of nitrogens with one attached hydrogen (secondary N) is 2. The van der Waals surface area contributed by atoms with Gasteiger partial charge in [0.1, 0.15) is 0 Å². The van der Waals surface area contributed by atoms with Gasteiger partial charge >= 0.3 is 0 Å². The zero-order valence-electron chi connectivity index (χ0n) is 8.19. The van der Waals surface area contributed by atoms with Crippen molar-refractivity contribution >= 4 is 35.4 Å². The maximum atomic E-state index is 11.2. The van der Waals surface area contributed by atoms with Crippen LogP contribution in [0, 0.1) is 0 Å². The fourth-order valence-electron chi connectivity index (χ4n) is 1.03. The molecule has 0 aliphatic rings. The minimum Gasteiger partial charge on any atom is -0.870 e. The summed E-state index contributed by atoms with van der Waals surface area (Å²) < 4.78 is 0. The van der Waals surface area contributed by atoms with Gasteiger partial charge < -0.3 is 5.11 Å². The summed E-state index contributed by atoms with van der Waals surface area (Å²) in [5.41, 5.74) is 3.10. The van der Waals surface area contributed by atoms with E-state index in [-0.39, 0.29) is 16.0 Å². The molecule has 0 spiro atoms. The highest BCUT2D eigenvalue weighted by molar-refractivity contribution is 6.37. The Morgan fingerprint density at radius 1 is 1.35 bits per heavy atom. The van der Waals surface area contributed by atoms with Crippen LogP contribution in [0.15, 0.2) is 17.2 Å². The second-order valence-corrected chi connectivity index (χ2v) is 3.73. The van der Waals surface area contributed by atoms with Crippen LogP contribution in [0.25, 0.3) is 0 Å². The molecule has 0 radical (unpaired) electrons. The Hall–Kier alpha value is -1.86. The summed E-state index contributed by atoms with van der Waals surface area (Å²) in [7, 11) is 0. The van der Waals surface area contributed by atoms with Gasteiger partial charge in [0.15, 0.2) is 0 Å². The molecule has 2 N–H and O–H groups in total. The zero-order valence-corrected chi connectivity index (χ0v) is 9.70. The minimum absolute atomic E-state index is 0.0403. The number of H-pyrrole nitrogens is 1. The molecule has 0 amide bonds. The van der Waals surface area contributed by atoms with Crippen molar-refractivity contribution < 1.29 is 5.11 Å². The lowest BCUT2D eigenvalue weighted by atomic mass is 10.2. The van der Waals surface area contributed by atoms with Crippen molar-refractivity contribution in [1.82, 2.24) is 20.6 Å². The number of halogens is 2. The highest BCUT2D eigenvalue weighted by Crippen LogP contribution is 2.29. The molecule has 88 valence electrons. The van der Waals surface area contributed by atoms with Crippen LogP contribution in [-0.2, 0) is 0 Å². The van der Waals surface area contributed by atoms with Gasteiger partial charge in [-0.1, -0.05) is 34.1 Å². The Morgan fingerprint density at radius 3 is 2.65 bits per heavy atom. The van der Waals surface area contributed by atoms with E-state index >= 15 is 0 Å². The number of anilines is 1. The van der Waals surface area contributed by atoms with Crippen LogP contribution in [0.4, 0.5) is 5.95 Å². The maximum Gasteiger partial charge on any atom is 0.283 e. The number of hydrazone groups is 1. The van der Waals surface area contributed by atoms with E-state index in [1.54, 1.807) is 0 Å². The number of benzene rings is 1.